The van der Waals surface area contributed by atoms with Crippen molar-refractivity contribution >= 4 is 29.3 Å². The van der Waals surface area contributed by atoms with Crippen molar-refractivity contribution in [3.05, 3.63) is 29.3 Å². The molecule has 1 aliphatic rings. The molecule has 1 amide bonds. The maximum absolute atomic E-state index is 12.2. The van der Waals surface area contributed by atoms with Crippen molar-refractivity contribution in [3.8, 4) is 0 Å². The van der Waals surface area contributed by atoms with Crippen LogP contribution in [0.1, 0.15) is 28.8 Å². The molecule has 1 heterocycles. The van der Waals surface area contributed by atoms with E-state index in [2.05, 4.69) is 10.6 Å². The van der Waals surface area contributed by atoms with E-state index in [4.69, 9.17) is 5.11 Å². The van der Waals surface area contributed by atoms with Crippen LogP contribution >= 0.6 is 11.8 Å². The number of hydrogen-bond acceptors (Lipinski definition) is 4. The molecule has 5 nitrogen and oxygen atoms in total. The van der Waals surface area contributed by atoms with E-state index in [9.17, 15) is 9.59 Å². The highest BCUT2D eigenvalue weighted by Crippen LogP contribution is 2.22. The molecule has 1 aromatic carbocycles. The molecular weight excluding hydrogens is 288 g/mol. The number of aliphatic carboxylic acids is 1. The largest absolute Gasteiger partial charge is 0.480 e. The standard InChI is InChI=1S/C15H20N2O3S/c1-21-8-6-13(15(19)20)17-14(18)11-4-5-12-10(9-11)3-2-7-16-12/h4-5,9,13,16H,2-3,6-8H2,1H3,(H,17,18)(H,19,20)/t13-/m0/s1. The van der Waals surface area contributed by atoms with Gasteiger partial charge in [-0.25, -0.2) is 4.79 Å². The molecule has 1 aliphatic heterocycles. The van der Waals surface area contributed by atoms with Crippen molar-refractivity contribution in [1.82, 2.24) is 5.32 Å². The highest BCUT2D eigenvalue weighted by Gasteiger charge is 2.21. The lowest BCUT2D eigenvalue weighted by Crippen LogP contribution is -2.41. The van der Waals surface area contributed by atoms with E-state index >= 15 is 0 Å². The molecule has 114 valence electrons. The Hall–Kier alpha value is -1.69. The molecular formula is C15H20N2O3S. The molecule has 0 aromatic heterocycles. The lowest BCUT2D eigenvalue weighted by molar-refractivity contribution is -0.139. The fourth-order valence-electron chi connectivity index (χ4n) is 2.35. The lowest BCUT2D eigenvalue weighted by Gasteiger charge is -2.19. The van der Waals surface area contributed by atoms with Gasteiger partial charge in [0.1, 0.15) is 6.04 Å². The molecule has 1 aromatic rings. The molecule has 21 heavy (non-hydrogen) atoms. The molecule has 0 fully saturated rings. The Bertz CT molecular complexity index is 534. The third-order valence-electron chi connectivity index (χ3n) is 3.52. The van der Waals surface area contributed by atoms with Crippen molar-refractivity contribution in [2.24, 2.45) is 0 Å². The van der Waals surface area contributed by atoms with Crippen molar-refractivity contribution in [2.75, 3.05) is 23.9 Å². The predicted octanol–water partition coefficient (Wildman–Crippen LogP) is 1.98. The van der Waals surface area contributed by atoms with E-state index in [1.165, 1.54) is 0 Å². The van der Waals surface area contributed by atoms with Crippen LogP contribution < -0.4 is 10.6 Å². The van der Waals surface area contributed by atoms with Gasteiger partial charge in [0.05, 0.1) is 0 Å². The summed E-state index contributed by atoms with van der Waals surface area (Å²) in [7, 11) is 0. The molecule has 2 rings (SSSR count). The molecule has 0 bridgehead atoms. The number of aryl methyl sites for hydroxylation is 1. The van der Waals surface area contributed by atoms with Crippen molar-refractivity contribution < 1.29 is 14.7 Å². The maximum atomic E-state index is 12.2. The molecule has 0 unspecified atom stereocenters. The SMILES string of the molecule is CSCC[C@H](NC(=O)c1ccc2c(c1)CCCN2)C(=O)O. The van der Waals surface area contributed by atoms with Gasteiger partial charge >= 0.3 is 5.97 Å². The lowest BCUT2D eigenvalue weighted by atomic mass is 10.0. The van der Waals surface area contributed by atoms with Crippen molar-refractivity contribution in [3.63, 3.8) is 0 Å². The van der Waals surface area contributed by atoms with Gasteiger partial charge < -0.3 is 15.7 Å². The number of benzene rings is 1. The van der Waals surface area contributed by atoms with Crippen LogP contribution in [0.5, 0.6) is 0 Å². The summed E-state index contributed by atoms with van der Waals surface area (Å²) in [5.74, 6) is -0.611. The highest BCUT2D eigenvalue weighted by molar-refractivity contribution is 7.98. The summed E-state index contributed by atoms with van der Waals surface area (Å²) in [6.45, 7) is 0.953. The number of carboxylic acid groups (broad SMARTS) is 1. The van der Waals surface area contributed by atoms with Crippen LogP contribution in [0, 0.1) is 0 Å². The second-order valence-electron chi connectivity index (χ2n) is 5.05. The summed E-state index contributed by atoms with van der Waals surface area (Å²) in [6, 6.07) is 4.64. The predicted molar refractivity (Wildman–Crippen MR) is 85.1 cm³/mol. The molecule has 3 N–H and O–H groups in total. The number of carboxylic acids is 1. The van der Waals surface area contributed by atoms with Crippen LogP contribution in [0.15, 0.2) is 18.2 Å². The van der Waals surface area contributed by atoms with E-state index in [1.54, 1.807) is 17.8 Å². The summed E-state index contributed by atoms with van der Waals surface area (Å²) in [5, 5.41) is 15.0. The Kier molecular flexibility index (Phi) is 5.50. The first-order valence-corrected chi connectivity index (χ1v) is 8.40. The summed E-state index contributed by atoms with van der Waals surface area (Å²) < 4.78 is 0. The summed E-state index contributed by atoms with van der Waals surface area (Å²) in [4.78, 5) is 23.4. The van der Waals surface area contributed by atoms with Crippen LogP contribution in [0.3, 0.4) is 0 Å². The van der Waals surface area contributed by atoms with Gasteiger partial charge in [-0.15, -0.1) is 0 Å². The minimum absolute atomic E-state index is 0.322. The zero-order valence-corrected chi connectivity index (χ0v) is 12.8. The Morgan fingerprint density at radius 3 is 3.00 bits per heavy atom. The summed E-state index contributed by atoms with van der Waals surface area (Å²) in [6.07, 6.45) is 4.33. The Balaban J connectivity index is 2.06. The van der Waals surface area contributed by atoms with Crippen LogP contribution in [-0.2, 0) is 11.2 Å². The minimum Gasteiger partial charge on any atom is -0.480 e. The van der Waals surface area contributed by atoms with Crippen molar-refractivity contribution in [2.45, 2.75) is 25.3 Å². The Labute approximate surface area is 128 Å². The number of hydrogen-bond donors (Lipinski definition) is 3. The van der Waals surface area contributed by atoms with Gasteiger partial charge in [-0.2, -0.15) is 11.8 Å². The quantitative estimate of drug-likeness (QED) is 0.749. The molecule has 0 saturated carbocycles. The molecule has 0 aliphatic carbocycles. The van der Waals surface area contributed by atoms with E-state index in [-0.39, 0.29) is 5.91 Å². The fourth-order valence-corrected chi connectivity index (χ4v) is 2.82. The van der Waals surface area contributed by atoms with Crippen molar-refractivity contribution in [1.29, 1.82) is 0 Å². The Morgan fingerprint density at radius 2 is 2.29 bits per heavy atom. The molecule has 0 spiro atoms. The zero-order valence-electron chi connectivity index (χ0n) is 12.0. The number of carbonyl (C=O) groups excluding carboxylic acids is 1. The number of fused-ring (bicyclic) bond motifs is 1. The first kappa shape index (κ1) is 15.7. The number of carbonyl (C=O) groups is 2. The topological polar surface area (TPSA) is 78.4 Å². The van der Waals surface area contributed by atoms with Gasteiger partial charge in [-0.3, -0.25) is 4.79 Å². The average molecular weight is 308 g/mol. The van der Waals surface area contributed by atoms with Gasteiger partial charge in [0, 0.05) is 17.8 Å². The van der Waals surface area contributed by atoms with Crippen LogP contribution in [-0.4, -0.2) is 41.6 Å². The molecule has 6 heteroatoms. The van der Waals surface area contributed by atoms with E-state index in [0.717, 1.165) is 30.6 Å². The number of anilines is 1. The summed E-state index contributed by atoms with van der Waals surface area (Å²) >= 11 is 1.57. The normalized spacial score (nSPS) is 14.7. The first-order chi connectivity index (χ1) is 10.1. The first-order valence-electron chi connectivity index (χ1n) is 7.01. The number of thioether (sulfide) groups is 1. The van der Waals surface area contributed by atoms with Crippen LogP contribution in [0.4, 0.5) is 5.69 Å². The minimum atomic E-state index is -0.989. The van der Waals surface area contributed by atoms with Gasteiger partial charge in [-0.05, 0) is 55.0 Å². The van der Waals surface area contributed by atoms with Gasteiger partial charge in [0.15, 0.2) is 0 Å². The van der Waals surface area contributed by atoms with Crippen LogP contribution in [0.25, 0.3) is 0 Å². The third kappa shape index (κ3) is 4.14. The fraction of sp³-hybridized carbons (Fsp3) is 0.467. The van der Waals surface area contributed by atoms with E-state index < -0.39 is 12.0 Å². The van der Waals surface area contributed by atoms with Crippen LogP contribution in [0.2, 0.25) is 0 Å². The number of amides is 1. The second-order valence-corrected chi connectivity index (χ2v) is 6.03. The number of nitrogens with one attached hydrogen (secondary N) is 2. The number of rotatable bonds is 6. The van der Waals surface area contributed by atoms with E-state index in [1.807, 2.05) is 18.4 Å². The molecule has 0 saturated heterocycles. The molecule has 0 radical (unpaired) electrons. The summed E-state index contributed by atoms with van der Waals surface area (Å²) in [5.41, 5.74) is 2.70. The maximum Gasteiger partial charge on any atom is 0.326 e. The Morgan fingerprint density at radius 1 is 1.48 bits per heavy atom. The average Bonchev–Trinajstić information content (AvgIpc) is 2.50. The molecule has 1 atom stereocenters. The highest BCUT2D eigenvalue weighted by atomic mass is 32.2. The van der Waals surface area contributed by atoms with Gasteiger partial charge in [0.25, 0.3) is 5.91 Å². The van der Waals surface area contributed by atoms with E-state index in [0.29, 0.717) is 17.7 Å². The monoisotopic (exact) mass is 308 g/mol. The van der Waals surface area contributed by atoms with Gasteiger partial charge in [0.2, 0.25) is 0 Å². The smallest absolute Gasteiger partial charge is 0.326 e. The third-order valence-corrected chi connectivity index (χ3v) is 4.16. The zero-order chi connectivity index (χ0) is 15.2. The second kappa shape index (κ2) is 7.36. The van der Waals surface area contributed by atoms with Gasteiger partial charge in [-0.1, -0.05) is 0 Å².